The standard InChI is InChI=1S/C7H7BrO2S2/c1-4(7(9)10)12-6-3-11-2-5(6)8/h2-4H,1H3,(H,9,10)/p-1/t4-/m0/s1. The molecule has 0 aromatic carbocycles. The summed E-state index contributed by atoms with van der Waals surface area (Å²) in [4.78, 5) is 11.3. The van der Waals surface area contributed by atoms with E-state index < -0.39 is 11.2 Å². The van der Waals surface area contributed by atoms with Crippen LogP contribution in [0.4, 0.5) is 0 Å². The molecule has 66 valence electrons. The average molecular weight is 266 g/mol. The number of carbonyl (C=O) groups is 1. The smallest absolute Gasteiger partial charge is 0.0545 e. The van der Waals surface area contributed by atoms with Crippen LogP contribution in [0.5, 0.6) is 0 Å². The van der Waals surface area contributed by atoms with Crippen LogP contribution >= 0.6 is 39.0 Å². The molecule has 12 heavy (non-hydrogen) atoms. The third-order valence-electron chi connectivity index (χ3n) is 1.22. The lowest BCUT2D eigenvalue weighted by Crippen LogP contribution is -2.31. The van der Waals surface area contributed by atoms with Crippen LogP contribution in [0.3, 0.4) is 0 Å². The second-order valence-corrected chi connectivity index (χ2v) is 5.14. The molecule has 0 radical (unpaired) electrons. The van der Waals surface area contributed by atoms with Crippen molar-refractivity contribution in [3.63, 3.8) is 0 Å². The summed E-state index contributed by atoms with van der Waals surface area (Å²) < 4.78 is 0.950. The zero-order valence-corrected chi connectivity index (χ0v) is 9.46. The molecule has 1 rings (SSSR count). The Hall–Kier alpha value is -0.000000000000000111. The van der Waals surface area contributed by atoms with Crippen molar-refractivity contribution in [2.75, 3.05) is 0 Å². The largest absolute Gasteiger partial charge is 0.549 e. The summed E-state index contributed by atoms with van der Waals surface area (Å²) in [5, 5.41) is 13.7. The number of halogens is 1. The molecule has 0 amide bonds. The van der Waals surface area contributed by atoms with E-state index in [1.54, 1.807) is 6.92 Å². The Morgan fingerprint density at radius 1 is 1.75 bits per heavy atom. The Labute approximate surface area is 87.1 Å². The quantitative estimate of drug-likeness (QED) is 0.782. The van der Waals surface area contributed by atoms with Gasteiger partial charge in [0.05, 0.1) is 5.97 Å². The van der Waals surface area contributed by atoms with Crippen molar-refractivity contribution in [3.8, 4) is 0 Å². The molecule has 2 nitrogen and oxygen atoms in total. The SMILES string of the molecule is C[C@H](Sc1cscc1Br)C(=O)[O-]. The number of hydrogen-bond donors (Lipinski definition) is 0. The molecule has 1 aromatic heterocycles. The zero-order valence-electron chi connectivity index (χ0n) is 6.24. The van der Waals surface area contributed by atoms with E-state index >= 15 is 0 Å². The summed E-state index contributed by atoms with van der Waals surface area (Å²) in [5.74, 6) is -1.03. The van der Waals surface area contributed by atoms with E-state index in [1.165, 1.54) is 23.1 Å². The highest BCUT2D eigenvalue weighted by atomic mass is 79.9. The van der Waals surface area contributed by atoms with Crippen LogP contribution in [0, 0.1) is 0 Å². The molecule has 0 aliphatic rings. The Bertz CT molecular complexity index is 285. The van der Waals surface area contributed by atoms with Crippen LogP contribution in [0.15, 0.2) is 20.1 Å². The van der Waals surface area contributed by atoms with Crippen molar-refractivity contribution in [3.05, 3.63) is 15.2 Å². The summed E-state index contributed by atoms with van der Waals surface area (Å²) in [7, 11) is 0. The number of carboxylic acid groups (broad SMARTS) is 1. The molecular weight excluding hydrogens is 260 g/mol. The van der Waals surface area contributed by atoms with Crippen molar-refractivity contribution in [1.82, 2.24) is 0 Å². The highest BCUT2D eigenvalue weighted by molar-refractivity contribution is 9.10. The van der Waals surface area contributed by atoms with E-state index in [4.69, 9.17) is 0 Å². The van der Waals surface area contributed by atoms with E-state index in [-0.39, 0.29) is 0 Å². The summed E-state index contributed by atoms with van der Waals surface area (Å²) in [5.41, 5.74) is 0. The van der Waals surface area contributed by atoms with Gasteiger partial charge in [-0.05, 0) is 22.9 Å². The number of thioether (sulfide) groups is 1. The maximum Gasteiger partial charge on any atom is 0.0545 e. The van der Waals surface area contributed by atoms with Crippen LogP contribution in [0.2, 0.25) is 0 Å². The first-order valence-electron chi connectivity index (χ1n) is 3.20. The summed E-state index contributed by atoms with van der Waals surface area (Å²) in [6, 6.07) is 0. The molecule has 5 heteroatoms. The zero-order chi connectivity index (χ0) is 9.14. The average Bonchev–Trinajstić information content (AvgIpc) is 2.36. The third kappa shape index (κ3) is 2.50. The molecule has 0 N–H and O–H groups in total. The fourth-order valence-electron chi connectivity index (χ4n) is 0.593. The van der Waals surface area contributed by atoms with Crippen LogP contribution in [-0.4, -0.2) is 11.2 Å². The lowest BCUT2D eigenvalue weighted by Gasteiger charge is -2.10. The van der Waals surface area contributed by atoms with E-state index in [0.717, 1.165) is 9.37 Å². The van der Waals surface area contributed by atoms with Crippen molar-refractivity contribution in [2.45, 2.75) is 17.1 Å². The van der Waals surface area contributed by atoms with Crippen LogP contribution < -0.4 is 5.11 Å². The predicted molar refractivity (Wildman–Crippen MR) is 52.3 cm³/mol. The van der Waals surface area contributed by atoms with Gasteiger partial charge in [0.1, 0.15) is 0 Å². The highest BCUT2D eigenvalue weighted by Gasteiger charge is 2.08. The van der Waals surface area contributed by atoms with E-state index in [0.29, 0.717) is 0 Å². The fourth-order valence-corrected chi connectivity index (χ4v) is 3.14. The molecule has 0 aliphatic carbocycles. The van der Waals surface area contributed by atoms with E-state index in [1.807, 2.05) is 10.8 Å². The Morgan fingerprint density at radius 3 is 2.83 bits per heavy atom. The minimum Gasteiger partial charge on any atom is -0.549 e. The summed E-state index contributed by atoms with van der Waals surface area (Å²) in [6.45, 7) is 1.62. The maximum atomic E-state index is 10.4. The number of carbonyl (C=O) groups excluding carboxylic acids is 1. The van der Waals surface area contributed by atoms with Gasteiger partial charge in [0.25, 0.3) is 0 Å². The van der Waals surface area contributed by atoms with Gasteiger partial charge in [0.2, 0.25) is 0 Å². The molecule has 1 heterocycles. The second kappa shape index (κ2) is 4.30. The third-order valence-corrected chi connectivity index (χ3v) is 4.47. The molecule has 0 saturated carbocycles. The molecule has 1 atom stereocenters. The maximum absolute atomic E-state index is 10.4. The predicted octanol–water partition coefficient (Wildman–Crippen LogP) is 1.74. The number of rotatable bonds is 3. The first-order valence-corrected chi connectivity index (χ1v) is 5.82. The van der Waals surface area contributed by atoms with Gasteiger partial charge in [-0.15, -0.1) is 11.8 Å². The minimum atomic E-state index is -1.03. The number of aliphatic carboxylic acids is 1. The van der Waals surface area contributed by atoms with Gasteiger partial charge in [-0.25, -0.2) is 0 Å². The van der Waals surface area contributed by atoms with E-state index in [9.17, 15) is 9.90 Å². The summed E-state index contributed by atoms with van der Waals surface area (Å²) in [6.07, 6.45) is 0. The van der Waals surface area contributed by atoms with Gasteiger partial charge in [-0.1, -0.05) is 0 Å². The van der Waals surface area contributed by atoms with Crippen LogP contribution in [-0.2, 0) is 4.79 Å². The van der Waals surface area contributed by atoms with Gasteiger partial charge >= 0.3 is 0 Å². The lowest BCUT2D eigenvalue weighted by atomic mass is 10.5. The van der Waals surface area contributed by atoms with Gasteiger partial charge < -0.3 is 9.90 Å². The molecule has 1 aromatic rings. The molecule has 0 unspecified atom stereocenters. The number of carboxylic acids is 1. The molecule has 0 bridgehead atoms. The van der Waals surface area contributed by atoms with Crippen molar-refractivity contribution in [2.24, 2.45) is 0 Å². The molecular formula is C7H6BrO2S2-. The van der Waals surface area contributed by atoms with Gasteiger partial charge in [-0.2, -0.15) is 11.3 Å². The van der Waals surface area contributed by atoms with E-state index in [2.05, 4.69) is 15.9 Å². The van der Waals surface area contributed by atoms with Gasteiger partial charge in [0.15, 0.2) is 0 Å². The topological polar surface area (TPSA) is 40.1 Å². The Morgan fingerprint density at radius 2 is 2.42 bits per heavy atom. The van der Waals surface area contributed by atoms with Crippen molar-refractivity contribution in [1.29, 1.82) is 0 Å². The van der Waals surface area contributed by atoms with Crippen LogP contribution in [0.1, 0.15) is 6.92 Å². The monoisotopic (exact) mass is 265 g/mol. The van der Waals surface area contributed by atoms with Crippen molar-refractivity contribution >= 4 is 45.0 Å². The molecule has 0 spiro atoms. The molecule has 0 aliphatic heterocycles. The Kier molecular flexibility index (Phi) is 3.61. The highest BCUT2D eigenvalue weighted by Crippen LogP contribution is 2.33. The van der Waals surface area contributed by atoms with Gasteiger partial charge in [0, 0.05) is 25.4 Å². The molecule has 0 fully saturated rings. The van der Waals surface area contributed by atoms with Crippen LogP contribution in [0.25, 0.3) is 0 Å². The first kappa shape index (κ1) is 10.1. The lowest BCUT2D eigenvalue weighted by molar-refractivity contribution is -0.304. The van der Waals surface area contributed by atoms with Gasteiger partial charge in [-0.3, -0.25) is 0 Å². The number of hydrogen-bond acceptors (Lipinski definition) is 4. The molecule has 0 saturated heterocycles. The normalized spacial score (nSPS) is 12.8. The number of thiophene rings is 1. The minimum absolute atomic E-state index is 0.504. The summed E-state index contributed by atoms with van der Waals surface area (Å²) >= 11 is 6.15. The first-order chi connectivity index (χ1) is 5.61. The second-order valence-electron chi connectivity index (χ2n) is 2.16. The fraction of sp³-hybridized carbons (Fsp3) is 0.286. The van der Waals surface area contributed by atoms with Crippen molar-refractivity contribution < 1.29 is 9.90 Å². The Balaban J connectivity index is 2.64.